The minimum atomic E-state index is -3.09. The lowest BCUT2D eigenvalue weighted by molar-refractivity contribution is 0.159. The molecular weight excluding hydrogens is 200 g/mol. The molecule has 0 aromatic rings. The first-order valence-corrected chi connectivity index (χ1v) is 7.22. The quantitative estimate of drug-likeness (QED) is 0.668. The first kappa shape index (κ1) is 13.9. The highest BCUT2D eigenvalue weighted by Crippen LogP contribution is 2.12. The van der Waals surface area contributed by atoms with Gasteiger partial charge >= 0.3 is 0 Å². The number of aliphatic hydroxyl groups is 1. The van der Waals surface area contributed by atoms with Crippen LogP contribution in [0.5, 0.6) is 0 Å². The maximum atomic E-state index is 11.1. The van der Waals surface area contributed by atoms with Gasteiger partial charge in [-0.25, -0.2) is 8.42 Å². The van der Waals surface area contributed by atoms with Crippen LogP contribution in [-0.2, 0) is 9.84 Å². The Balaban J connectivity index is 3.79. The van der Waals surface area contributed by atoms with E-state index in [1.165, 1.54) is 6.26 Å². The summed E-state index contributed by atoms with van der Waals surface area (Å²) in [5, 5.41) is 8.94. The van der Waals surface area contributed by atoms with E-state index in [4.69, 9.17) is 0 Å². The molecule has 0 aromatic heterocycles. The van der Waals surface area contributed by atoms with Crippen molar-refractivity contribution in [1.29, 1.82) is 0 Å². The van der Waals surface area contributed by atoms with Gasteiger partial charge in [-0.2, -0.15) is 0 Å². The molecule has 0 rings (SSSR count). The van der Waals surface area contributed by atoms with E-state index in [2.05, 4.69) is 6.92 Å². The first-order valence-electron chi connectivity index (χ1n) is 5.26. The SMILES string of the molecule is CCCCCCC(O)C(C)S(C)(=O)=O. The van der Waals surface area contributed by atoms with Crippen molar-refractivity contribution in [3.05, 3.63) is 0 Å². The van der Waals surface area contributed by atoms with Gasteiger partial charge in [0.2, 0.25) is 0 Å². The summed E-state index contributed by atoms with van der Waals surface area (Å²) in [7, 11) is -3.09. The fourth-order valence-corrected chi connectivity index (χ4v) is 2.01. The van der Waals surface area contributed by atoms with Crippen molar-refractivity contribution < 1.29 is 13.5 Å². The zero-order valence-corrected chi connectivity index (χ0v) is 10.2. The molecule has 3 nitrogen and oxygen atoms in total. The van der Waals surface area contributed by atoms with Crippen molar-refractivity contribution in [2.75, 3.05) is 6.26 Å². The monoisotopic (exact) mass is 222 g/mol. The van der Waals surface area contributed by atoms with E-state index in [1.54, 1.807) is 6.92 Å². The number of rotatable bonds is 7. The second kappa shape index (κ2) is 6.40. The van der Waals surface area contributed by atoms with Crippen molar-refractivity contribution in [2.45, 2.75) is 57.3 Å². The van der Waals surface area contributed by atoms with Crippen LogP contribution in [0.1, 0.15) is 46.0 Å². The summed E-state index contributed by atoms with van der Waals surface area (Å²) in [6.07, 6.45) is 5.35. The van der Waals surface area contributed by atoms with Crippen LogP contribution in [0.3, 0.4) is 0 Å². The minimum Gasteiger partial charge on any atom is -0.392 e. The molecule has 0 aliphatic rings. The van der Waals surface area contributed by atoms with Crippen LogP contribution in [0.25, 0.3) is 0 Å². The van der Waals surface area contributed by atoms with Crippen LogP contribution >= 0.6 is 0 Å². The first-order chi connectivity index (χ1) is 6.39. The number of aliphatic hydroxyl groups excluding tert-OH is 1. The van der Waals surface area contributed by atoms with Gasteiger partial charge in [-0.1, -0.05) is 32.6 Å². The molecule has 0 bridgehead atoms. The predicted octanol–water partition coefficient (Wildman–Crippen LogP) is 1.75. The van der Waals surface area contributed by atoms with Gasteiger partial charge in [0.1, 0.15) is 0 Å². The number of sulfone groups is 1. The Morgan fingerprint density at radius 3 is 2.21 bits per heavy atom. The fourth-order valence-electron chi connectivity index (χ4n) is 1.30. The van der Waals surface area contributed by atoms with E-state index in [0.29, 0.717) is 6.42 Å². The predicted molar refractivity (Wildman–Crippen MR) is 59.1 cm³/mol. The molecule has 0 aliphatic heterocycles. The van der Waals surface area contributed by atoms with Crippen molar-refractivity contribution in [2.24, 2.45) is 0 Å². The number of unbranched alkanes of at least 4 members (excludes halogenated alkanes) is 3. The molecule has 0 saturated heterocycles. The van der Waals surface area contributed by atoms with Crippen LogP contribution in [0.4, 0.5) is 0 Å². The van der Waals surface area contributed by atoms with Gasteiger partial charge in [0.25, 0.3) is 0 Å². The van der Waals surface area contributed by atoms with E-state index in [9.17, 15) is 13.5 Å². The summed E-state index contributed by atoms with van der Waals surface area (Å²) in [4.78, 5) is 0. The zero-order chi connectivity index (χ0) is 11.2. The Labute approximate surface area is 87.4 Å². The molecule has 14 heavy (non-hydrogen) atoms. The van der Waals surface area contributed by atoms with Crippen molar-refractivity contribution in [3.8, 4) is 0 Å². The van der Waals surface area contributed by atoms with Crippen LogP contribution in [0.15, 0.2) is 0 Å². The Bertz CT molecular complexity index is 234. The van der Waals surface area contributed by atoms with Crippen molar-refractivity contribution >= 4 is 9.84 Å². The maximum Gasteiger partial charge on any atom is 0.152 e. The molecule has 0 fully saturated rings. The summed E-state index contributed by atoms with van der Waals surface area (Å²) >= 11 is 0. The standard InChI is InChI=1S/C10H22O3S/c1-4-5-6-7-8-10(11)9(2)14(3,12)13/h9-11H,4-8H2,1-3H3. The molecule has 0 spiro atoms. The van der Waals surface area contributed by atoms with Crippen LogP contribution in [-0.4, -0.2) is 31.1 Å². The van der Waals surface area contributed by atoms with Gasteiger partial charge in [0.05, 0.1) is 11.4 Å². The average Bonchev–Trinajstić information content (AvgIpc) is 2.09. The second-order valence-corrected chi connectivity index (χ2v) is 6.35. The van der Waals surface area contributed by atoms with Gasteiger partial charge in [-0.05, 0) is 13.3 Å². The molecule has 0 saturated carbocycles. The van der Waals surface area contributed by atoms with Crippen LogP contribution in [0, 0.1) is 0 Å². The lowest BCUT2D eigenvalue weighted by Gasteiger charge is -2.16. The Morgan fingerprint density at radius 1 is 1.21 bits per heavy atom. The summed E-state index contributed by atoms with van der Waals surface area (Å²) in [5.74, 6) is 0. The summed E-state index contributed by atoms with van der Waals surface area (Å²) in [6.45, 7) is 3.69. The van der Waals surface area contributed by atoms with Gasteiger partial charge in [0, 0.05) is 6.26 Å². The smallest absolute Gasteiger partial charge is 0.152 e. The lowest BCUT2D eigenvalue weighted by atomic mass is 10.1. The highest BCUT2D eigenvalue weighted by atomic mass is 32.2. The van der Waals surface area contributed by atoms with Crippen molar-refractivity contribution in [3.63, 3.8) is 0 Å². The summed E-state index contributed by atoms with van der Waals surface area (Å²) < 4.78 is 22.2. The molecule has 0 amide bonds. The van der Waals surface area contributed by atoms with E-state index in [0.717, 1.165) is 25.7 Å². The Hall–Kier alpha value is -0.0900. The summed E-state index contributed by atoms with van der Waals surface area (Å²) in [6, 6.07) is 0. The maximum absolute atomic E-state index is 11.1. The number of hydrogen-bond donors (Lipinski definition) is 1. The minimum absolute atomic E-state index is 0.592. The van der Waals surface area contributed by atoms with Gasteiger partial charge < -0.3 is 5.11 Å². The fraction of sp³-hybridized carbons (Fsp3) is 1.00. The third-order valence-electron chi connectivity index (χ3n) is 2.57. The van der Waals surface area contributed by atoms with Gasteiger partial charge in [0.15, 0.2) is 9.84 Å². The van der Waals surface area contributed by atoms with E-state index in [1.807, 2.05) is 0 Å². The largest absolute Gasteiger partial charge is 0.392 e. The zero-order valence-electron chi connectivity index (χ0n) is 9.36. The van der Waals surface area contributed by atoms with E-state index < -0.39 is 21.2 Å². The number of hydrogen-bond acceptors (Lipinski definition) is 3. The van der Waals surface area contributed by atoms with Crippen molar-refractivity contribution in [1.82, 2.24) is 0 Å². The lowest BCUT2D eigenvalue weighted by Crippen LogP contribution is -2.30. The third-order valence-corrected chi connectivity index (χ3v) is 4.24. The highest BCUT2D eigenvalue weighted by molar-refractivity contribution is 7.91. The molecule has 0 radical (unpaired) electrons. The van der Waals surface area contributed by atoms with E-state index >= 15 is 0 Å². The molecular formula is C10H22O3S. The van der Waals surface area contributed by atoms with Gasteiger partial charge in [-0.3, -0.25) is 0 Å². The van der Waals surface area contributed by atoms with Crippen LogP contribution < -0.4 is 0 Å². The molecule has 0 aromatic carbocycles. The summed E-state index contributed by atoms with van der Waals surface area (Å²) in [5.41, 5.74) is 0. The third kappa shape index (κ3) is 5.60. The molecule has 4 heteroatoms. The van der Waals surface area contributed by atoms with E-state index in [-0.39, 0.29) is 0 Å². The Kier molecular flexibility index (Phi) is 6.36. The highest BCUT2D eigenvalue weighted by Gasteiger charge is 2.23. The topological polar surface area (TPSA) is 54.4 Å². The molecule has 0 heterocycles. The molecule has 86 valence electrons. The van der Waals surface area contributed by atoms with Crippen LogP contribution in [0.2, 0.25) is 0 Å². The second-order valence-electron chi connectivity index (χ2n) is 3.95. The molecule has 1 N–H and O–H groups in total. The molecule has 0 aliphatic carbocycles. The Morgan fingerprint density at radius 2 is 1.79 bits per heavy atom. The molecule has 2 atom stereocenters. The van der Waals surface area contributed by atoms with Gasteiger partial charge in [-0.15, -0.1) is 0 Å². The normalized spacial score (nSPS) is 16.6. The molecule has 2 unspecified atom stereocenters. The average molecular weight is 222 g/mol.